The zero-order chi connectivity index (χ0) is 25.3. The van der Waals surface area contributed by atoms with E-state index in [2.05, 4.69) is 20.8 Å². The van der Waals surface area contributed by atoms with Crippen LogP contribution in [-0.4, -0.2) is 48.8 Å². The van der Waals surface area contributed by atoms with Gasteiger partial charge in [0.1, 0.15) is 17.6 Å². The molecule has 3 aliphatic rings. The van der Waals surface area contributed by atoms with E-state index in [0.717, 1.165) is 12.1 Å². The van der Waals surface area contributed by atoms with Crippen molar-refractivity contribution in [3.8, 4) is 5.75 Å². The first kappa shape index (κ1) is 24.1. The van der Waals surface area contributed by atoms with Crippen LogP contribution in [0.2, 0.25) is 0 Å². The average Bonchev–Trinajstić information content (AvgIpc) is 3.30. The van der Waals surface area contributed by atoms with E-state index in [-0.39, 0.29) is 11.5 Å². The molecular weight excluding hydrogens is 479 g/mol. The van der Waals surface area contributed by atoms with Crippen LogP contribution in [0.25, 0.3) is 0 Å². The second kappa shape index (κ2) is 9.80. The van der Waals surface area contributed by atoms with E-state index in [0.29, 0.717) is 61.3 Å². The number of amides is 1. The molecule has 1 aromatic heterocycles. The Morgan fingerprint density at radius 1 is 1.14 bits per heavy atom. The summed E-state index contributed by atoms with van der Waals surface area (Å²) in [6.07, 6.45) is 0.367. The van der Waals surface area contributed by atoms with E-state index in [1.807, 2.05) is 12.2 Å². The van der Waals surface area contributed by atoms with Crippen LogP contribution in [0.15, 0.2) is 70.7 Å². The number of rotatable bonds is 8. The van der Waals surface area contributed by atoms with Gasteiger partial charge in [0.25, 0.3) is 11.5 Å². The number of benzene rings is 1. The van der Waals surface area contributed by atoms with Crippen LogP contribution in [0.5, 0.6) is 5.75 Å². The third-order valence-electron chi connectivity index (χ3n) is 6.07. The maximum Gasteiger partial charge on any atom is 0.573 e. The molecule has 36 heavy (non-hydrogen) atoms. The number of hydrazine groups is 1. The topological polar surface area (TPSA) is 96.9 Å². The number of anilines is 2. The zero-order valence-electron chi connectivity index (χ0n) is 19.0. The fraction of sp³-hybridized carbons (Fsp3) is 0.333. The molecule has 1 aliphatic carbocycles. The first-order valence-corrected chi connectivity index (χ1v) is 11.4. The van der Waals surface area contributed by atoms with Gasteiger partial charge < -0.3 is 24.7 Å². The summed E-state index contributed by atoms with van der Waals surface area (Å²) in [5.74, 6) is -0.717. The van der Waals surface area contributed by atoms with Gasteiger partial charge in [0, 0.05) is 24.9 Å². The van der Waals surface area contributed by atoms with Crippen LogP contribution in [0.1, 0.15) is 6.42 Å². The van der Waals surface area contributed by atoms with Gasteiger partial charge in [0.15, 0.2) is 0 Å². The molecule has 1 aromatic carbocycles. The van der Waals surface area contributed by atoms with Gasteiger partial charge in [-0.2, -0.15) is 0 Å². The summed E-state index contributed by atoms with van der Waals surface area (Å²) in [4.78, 5) is 26.1. The standard InChI is InChI=1S/C24H24F3N5O4/c25-24(26,27)36-17-8-6-16(7-9-17)32-22(33)19-4-1-3-18(19)21(30-32)29-20-5-2-11-31(23(20)34)12-10-28-15-13-35-14-15/h1-3,5-9,11,15,21,28-30H,4,10,12-14H2. The van der Waals surface area contributed by atoms with Gasteiger partial charge in [0.05, 0.1) is 24.9 Å². The second-order valence-electron chi connectivity index (χ2n) is 8.54. The Morgan fingerprint density at radius 3 is 2.61 bits per heavy atom. The van der Waals surface area contributed by atoms with Crippen molar-refractivity contribution in [3.05, 3.63) is 76.2 Å². The number of aromatic nitrogens is 1. The van der Waals surface area contributed by atoms with Crippen molar-refractivity contribution in [2.75, 3.05) is 30.1 Å². The van der Waals surface area contributed by atoms with Gasteiger partial charge in [-0.05, 0) is 48.4 Å². The lowest BCUT2D eigenvalue weighted by Crippen LogP contribution is -2.56. The molecule has 1 saturated heterocycles. The maximum absolute atomic E-state index is 13.1. The molecule has 0 bridgehead atoms. The zero-order valence-corrected chi connectivity index (χ0v) is 19.0. The maximum atomic E-state index is 13.1. The Bertz CT molecular complexity index is 1250. The van der Waals surface area contributed by atoms with Crippen LogP contribution in [0.4, 0.5) is 24.5 Å². The molecule has 12 heteroatoms. The summed E-state index contributed by atoms with van der Waals surface area (Å²) in [5.41, 5.74) is 4.75. The third kappa shape index (κ3) is 5.15. The minimum atomic E-state index is -4.81. The largest absolute Gasteiger partial charge is 0.573 e. The molecule has 3 N–H and O–H groups in total. The highest BCUT2D eigenvalue weighted by atomic mass is 19.4. The normalized spacial score (nSPS) is 19.9. The summed E-state index contributed by atoms with van der Waals surface area (Å²) >= 11 is 0. The van der Waals surface area contributed by atoms with Gasteiger partial charge in [-0.3, -0.25) is 9.59 Å². The lowest BCUT2D eigenvalue weighted by atomic mass is 10.0. The van der Waals surface area contributed by atoms with Crippen molar-refractivity contribution < 1.29 is 27.4 Å². The summed E-state index contributed by atoms with van der Waals surface area (Å²) in [5, 5.41) is 7.76. The van der Waals surface area contributed by atoms with Gasteiger partial charge in [-0.25, -0.2) is 10.4 Å². The molecule has 1 atom stereocenters. The molecular formula is C24H24F3N5O4. The van der Waals surface area contributed by atoms with Crippen molar-refractivity contribution in [3.63, 3.8) is 0 Å². The third-order valence-corrected chi connectivity index (χ3v) is 6.07. The predicted octanol–water partition coefficient (Wildman–Crippen LogP) is 2.28. The number of carbonyl (C=O) groups is 1. The highest BCUT2D eigenvalue weighted by Crippen LogP contribution is 2.31. The van der Waals surface area contributed by atoms with E-state index < -0.39 is 18.3 Å². The number of carbonyl (C=O) groups excluding carboxylic acids is 1. The lowest BCUT2D eigenvalue weighted by molar-refractivity contribution is -0.274. The molecule has 0 spiro atoms. The summed E-state index contributed by atoms with van der Waals surface area (Å²) in [6.45, 7) is 2.44. The smallest absolute Gasteiger partial charge is 0.406 e. The van der Waals surface area contributed by atoms with Gasteiger partial charge in [-0.1, -0.05) is 12.2 Å². The number of allylic oxidation sites excluding steroid dienone is 1. The number of hydrogen-bond donors (Lipinski definition) is 3. The van der Waals surface area contributed by atoms with Gasteiger partial charge in [-0.15, -0.1) is 13.2 Å². The Morgan fingerprint density at radius 2 is 1.92 bits per heavy atom. The molecule has 2 aromatic rings. The fourth-order valence-corrected chi connectivity index (χ4v) is 4.22. The Hall–Kier alpha value is -3.61. The average molecular weight is 503 g/mol. The van der Waals surface area contributed by atoms with Crippen LogP contribution in [0.3, 0.4) is 0 Å². The number of alkyl halides is 3. The molecule has 1 amide bonds. The van der Waals surface area contributed by atoms with Crippen LogP contribution in [-0.2, 0) is 16.1 Å². The monoisotopic (exact) mass is 503 g/mol. The molecule has 190 valence electrons. The second-order valence-corrected chi connectivity index (χ2v) is 8.54. The Kier molecular flexibility index (Phi) is 6.56. The number of hydrogen-bond acceptors (Lipinski definition) is 7. The number of halogens is 3. The summed E-state index contributed by atoms with van der Waals surface area (Å²) in [7, 11) is 0. The Balaban J connectivity index is 1.33. The quantitative estimate of drug-likeness (QED) is 0.509. The van der Waals surface area contributed by atoms with Crippen LogP contribution >= 0.6 is 0 Å². The SMILES string of the molecule is O=C1C2=C(C=CC2)C(Nc2cccn(CCNC3COC3)c2=O)NN1c1ccc(OC(F)(F)F)cc1. The van der Waals surface area contributed by atoms with Crippen molar-refractivity contribution in [1.82, 2.24) is 15.3 Å². The molecule has 0 saturated carbocycles. The molecule has 3 heterocycles. The number of nitrogens with zero attached hydrogens (tertiary/aromatic N) is 2. The van der Waals surface area contributed by atoms with Crippen molar-refractivity contribution in [2.45, 2.75) is 31.5 Å². The summed E-state index contributed by atoms with van der Waals surface area (Å²) < 4.78 is 48.1. The molecule has 2 aliphatic heterocycles. The minimum Gasteiger partial charge on any atom is -0.406 e. The van der Waals surface area contributed by atoms with Crippen LogP contribution < -0.4 is 31.4 Å². The fourth-order valence-electron chi connectivity index (χ4n) is 4.22. The number of ether oxygens (including phenoxy) is 2. The van der Waals surface area contributed by atoms with E-state index in [4.69, 9.17) is 4.74 Å². The first-order chi connectivity index (χ1) is 17.3. The molecule has 9 nitrogen and oxygen atoms in total. The minimum absolute atomic E-state index is 0.216. The molecule has 0 radical (unpaired) electrons. The number of pyridine rings is 1. The molecule has 5 rings (SSSR count). The lowest BCUT2D eigenvalue weighted by Gasteiger charge is -2.35. The Labute approximate surface area is 204 Å². The van der Waals surface area contributed by atoms with E-state index in [1.165, 1.54) is 17.1 Å². The van der Waals surface area contributed by atoms with E-state index >= 15 is 0 Å². The first-order valence-electron chi connectivity index (χ1n) is 11.4. The van der Waals surface area contributed by atoms with Crippen molar-refractivity contribution in [2.24, 2.45) is 0 Å². The van der Waals surface area contributed by atoms with Gasteiger partial charge >= 0.3 is 6.36 Å². The van der Waals surface area contributed by atoms with E-state index in [9.17, 15) is 22.8 Å². The molecule has 1 fully saturated rings. The highest BCUT2D eigenvalue weighted by molar-refractivity contribution is 6.07. The van der Waals surface area contributed by atoms with Crippen molar-refractivity contribution in [1.29, 1.82) is 0 Å². The predicted molar refractivity (Wildman–Crippen MR) is 125 cm³/mol. The summed E-state index contributed by atoms with van der Waals surface area (Å²) in [6, 6.07) is 8.72. The number of nitrogens with one attached hydrogen (secondary N) is 3. The molecule has 1 unspecified atom stereocenters. The van der Waals surface area contributed by atoms with E-state index in [1.54, 1.807) is 22.9 Å². The van der Waals surface area contributed by atoms with Crippen molar-refractivity contribution >= 4 is 17.3 Å². The highest BCUT2D eigenvalue weighted by Gasteiger charge is 2.35. The van der Waals surface area contributed by atoms with Crippen LogP contribution in [0, 0.1) is 0 Å². The van der Waals surface area contributed by atoms with Gasteiger partial charge in [0.2, 0.25) is 0 Å².